The van der Waals surface area contributed by atoms with Crippen LogP contribution in [0, 0.1) is 12.7 Å². The summed E-state index contributed by atoms with van der Waals surface area (Å²) in [6, 6.07) is 4.07. The van der Waals surface area contributed by atoms with E-state index < -0.39 is 0 Å². The summed E-state index contributed by atoms with van der Waals surface area (Å²) in [5.74, 6) is -0.154. The molecule has 100 valence electrons. The third kappa shape index (κ3) is 2.66. The molecule has 0 unspecified atom stereocenters. The van der Waals surface area contributed by atoms with Gasteiger partial charge in [-0.3, -0.25) is 0 Å². The van der Waals surface area contributed by atoms with Crippen molar-refractivity contribution in [2.45, 2.75) is 52.1 Å². The van der Waals surface area contributed by atoms with Crippen molar-refractivity contribution in [3.05, 3.63) is 29.1 Å². The molecule has 2 rings (SSSR count). The van der Waals surface area contributed by atoms with Crippen LogP contribution in [-0.2, 0) is 0 Å². The summed E-state index contributed by atoms with van der Waals surface area (Å²) in [6.45, 7) is 6.94. The molecule has 0 bridgehead atoms. The summed E-state index contributed by atoms with van der Waals surface area (Å²) in [4.78, 5) is 2.41. The molecule has 0 heterocycles. The number of anilines is 1. The minimum Gasteiger partial charge on any atom is -0.368 e. The van der Waals surface area contributed by atoms with Crippen LogP contribution in [0.5, 0.6) is 0 Å². The summed E-state index contributed by atoms with van der Waals surface area (Å²) >= 11 is 0. The monoisotopic (exact) mass is 250 g/mol. The highest BCUT2D eigenvalue weighted by molar-refractivity contribution is 5.58. The maximum absolute atomic E-state index is 13.7. The summed E-state index contributed by atoms with van der Waals surface area (Å²) in [5.41, 5.74) is 8.76. The van der Waals surface area contributed by atoms with E-state index in [0.717, 1.165) is 24.2 Å². The quantitative estimate of drug-likeness (QED) is 0.866. The van der Waals surface area contributed by atoms with Gasteiger partial charge in [-0.15, -0.1) is 0 Å². The minimum absolute atomic E-state index is 0.131. The fourth-order valence-electron chi connectivity index (χ4n) is 2.42. The van der Waals surface area contributed by atoms with Gasteiger partial charge in [0.2, 0.25) is 0 Å². The van der Waals surface area contributed by atoms with Crippen molar-refractivity contribution in [3.8, 4) is 0 Å². The summed E-state index contributed by atoms with van der Waals surface area (Å²) < 4.78 is 13.7. The van der Waals surface area contributed by atoms with Crippen LogP contribution in [0.2, 0.25) is 0 Å². The van der Waals surface area contributed by atoms with Gasteiger partial charge in [-0.25, -0.2) is 4.39 Å². The van der Waals surface area contributed by atoms with Gasteiger partial charge in [0.1, 0.15) is 5.82 Å². The Bertz CT molecular complexity index is 425. The molecule has 1 aromatic carbocycles. The maximum Gasteiger partial charge on any atom is 0.126 e. The van der Waals surface area contributed by atoms with Gasteiger partial charge in [-0.2, -0.15) is 0 Å². The average molecular weight is 250 g/mol. The van der Waals surface area contributed by atoms with E-state index >= 15 is 0 Å². The van der Waals surface area contributed by atoms with E-state index in [2.05, 4.69) is 11.8 Å². The van der Waals surface area contributed by atoms with Crippen LogP contribution < -0.4 is 10.6 Å². The van der Waals surface area contributed by atoms with Crippen LogP contribution in [0.3, 0.4) is 0 Å². The third-order valence-electron chi connectivity index (χ3n) is 3.56. The number of nitrogens with two attached hydrogens (primary N) is 1. The topological polar surface area (TPSA) is 29.3 Å². The highest BCUT2D eigenvalue weighted by Crippen LogP contribution is 2.36. The van der Waals surface area contributed by atoms with Gasteiger partial charge in [0, 0.05) is 24.3 Å². The summed E-state index contributed by atoms with van der Waals surface area (Å²) in [6.07, 6.45) is 3.59. The van der Waals surface area contributed by atoms with Gasteiger partial charge >= 0.3 is 0 Å². The molecule has 2 N–H and O–H groups in total. The largest absolute Gasteiger partial charge is 0.368 e. The molecule has 1 aliphatic rings. The Balaban J connectivity index is 2.42. The zero-order valence-corrected chi connectivity index (χ0v) is 11.5. The molecule has 0 aromatic heterocycles. The summed E-state index contributed by atoms with van der Waals surface area (Å²) in [7, 11) is 0. The lowest BCUT2D eigenvalue weighted by atomic mass is 10.0. The van der Waals surface area contributed by atoms with Crippen LogP contribution in [0.25, 0.3) is 0 Å². The molecule has 1 fully saturated rings. The van der Waals surface area contributed by atoms with Crippen molar-refractivity contribution in [1.29, 1.82) is 0 Å². The van der Waals surface area contributed by atoms with Gasteiger partial charge in [-0.05, 0) is 56.4 Å². The predicted octanol–water partition coefficient (Wildman–Crippen LogP) is 3.53. The fraction of sp³-hybridized carbons (Fsp3) is 0.600. The number of hydrogen-bond acceptors (Lipinski definition) is 2. The van der Waals surface area contributed by atoms with E-state index in [0.29, 0.717) is 11.6 Å². The maximum atomic E-state index is 13.7. The Morgan fingerprint density at radius 1 is 1.44 bits per heavy atom. The van der Waals surface area contributed by atoms with Crippen LogP contribution >= 0.6 is 0 Å². The van der Waals surface area contributed by atoms with Gasteiger partial charge in [0.25, 0.3) is 0 Å². The molecule has 18 heavy (non-hydrogen) atoms. The Morgan fingerprint density at radius 2 is 2.11 bits per heavy atom. The Hall–Kier alpha value is -1.09. The molecule has 0 amide bonds. The van der Waals surface area contributed by atoms with E-state index in [1.165, 1.54) is 12.8 Å². The zero-order chi connectivity index (χ0) is 13.3. The highest BCUT2D eigenvalue weighted by atomic mass is 19.1. The van der Waals surface area contributed by atoms with Crippen molar-refractivity contribution in [2.75, 3.05) is 11.4 Å². The molecule has 0 aliphatic heterocycles. The number of nitrogens with zero attached hydrogens (tertiary/aromatic N) is 1. The zero-order valence-electron chi connectivity index (χ0n) is 11.5. The van der Waals surface area contributed by atoms with E-state index in [9.17, 15) is 4.39 Å². The minimum atomic E-state index is -0.154. The molecule has 1 aliphatic carbocycles. The molecule has 0 radical (unpaired) electrons. The van der Waals surface area contributed by atoms with Crippen molar-refractivity contribution in [3.63, 3.8) is 0 Å². The second-order valence-electron chi connectivity index (χ2n) is 5.37. The third-order valence-corrected chi connectivity index (χ3v) is 3.56. The number of aryl methyl sites for hydroxylation is 1. The van der Waals surface area contributed by atoms with E-state index in [1.54, 1.807) is 6.07 Å². The lowest BCUT2D eigenvalue weighted by molar-refractivity contribution is 0.611. The molecule has 1 aromatic rings. The van der Waals surface area contributed by atoms with E-state index in [1.807, 2.05) is 19.9 Å². The van der Waals surface area contributed by atoms with Crippen LogP contribution in [-0.4, -0.2) is 12.6 Å². The number of rotatable bonds is 5. The first-order valence-corrected chi connectivity index (χ1v) is 6.86. The first-order chi connectivity index (χ1) is 8.54. The lowest BCUT2D eigenvalue weighted by Crippen LogP contribution is -2.28. The highest BCUT2D eigenvalue weighted by Gasteiger charge is 2.30. The average Bonchev–Trinajstić information content (AvgIpc) is 3.13. The molecule has 1 saturated carbocycles. The SMILES string of the molecule is CCCN(c1cc(C)c(F)cc1[C@@H](C)N)C1CC1. The van der Waals surface area contributed by atoms with Gasteiger partial charge in [0.15, 0.2) is 0 Å². The standard InChI is InChI=1S/C15H23FN2/c1-4-7-18(12-5-6-12)15-8-10(2)14(16)9-13(15)11(3)17/h8-9,11-12H,4-7,17H2,1-3H3/t11-/m1/s1. The number of hydrogen-bond donors (Lipinski definition) is 1. The molecule has 0 spiro atoms. The Morgan fingerprint density at radius 3 is 2.61 bits per heavy atom. The Labute approximate surface area is 109 Å². The van der Waals surface area contributed by atoms with Crippen molar-refractivity contribution >= 4 is 5.69 Å². The predicted molar refractivity (Wildman–Crippen MR) is 74.4 cm³/mol. The van der Waals surface area contributed by atoms with Crippen LogP contribution in [0.1, 0.15) is 50.3 Å². The summed E-state index contributed by atoms with van der Waals surface area (Å²) in [5, 5.41) is 0. The molecule has 2 nitrogen and oxygen atoms in total. The molecule has 3 heteroatoms. The van der Waals surface area contributed by atoms with Crippen LogP contribution in [0.4, 0.5) is 10.1 Å². The van der Waals surface area contributed by atoms with E-state index in [-0.39, 0.29) is 11.9 Å². The van der Waals surface area contributed by atoms with Crippen LogP contribution in [0.15, 0.2) is 12.1 Å². The second kappa shape index (κ2) is 5.27. The molecule has 0 saturated heterocycles. The van der Waals surface area contributed by atoms with E-state index in [4.69, 9.17) is 5.73 Å². The van der Waals surface area contributed by atoms with Gasteiger partial charge in [-0.1, -0.05) is 6.92 Å². The fourth-order valence-corrected chi connectivity index (χ4v) is 2.42. The van der Waals surface area contributed by atoms with Gasteiger partial charge in [0.05, 0.1) is 0 Å². The van der Waals surface area contributed by atoms with Crippen molar-refractivity contribution in [1.82, 2.24) is 0 Å². The number of halogens is 1. The molecular weight excluding hydrogens is 227 g/mol. The second-order valence-corrected chi connectivity index (χ2v) is 5.37. The first kappa shape index (κ1) is 13.3. The molecular formula is C15H23FN2. The smallest absolute Gasteiger partial charge is 0.126 e. The van der Waals surface area contributed by atoms with Crippen molar-refractivity contribution in [2.24, 2.45) is 5.73 Å². The Kier molecular flexibility index (Phi) is 3.91. The first-order valence-electron chi connectivity index (χ1n) is 6.86. The van der Waals surface area contributed by atoms with Crippen molar-refractivity contribution < 1.29 is 4.39 Å². The van der Waals surface area contributed by atoms with Gasteiger partial charge < -0.3 is 10.6 Å². The number of benzene rings is 1. The lowest BCUT2D eigenvalue weighted by Gasteiger charge is -2.28. The normalized spacial score (nSPS) is 16.7. The molecule has 1 atom stereocenters.